The van der Waals surface area contributed by atoms with Crippen LogP contribution in [0.15, 0.2) is 0 Å². The maximum absolute atomic E-state index is 5.20. The highest BCUT2D eigenvalue weighted by Crippen LogP contribution is 1.84. The predicted molar refractivity (Wildman–Crippen MR) is 50.5 cm³/mol. The van der Waals surface area contributed by atoms with Gasteiger partial charge in [0.1, 0.15) is 0 Å². The van der Waals surface area contributed by atoms with Crippen molar-refractivity contribution in [2.45, 2.75) is 26.3 Å². The standard InChI is InChI=1S/C9H21NO2/c1-4-12-7-5-6-10-9(2)8-11-3/h9-10H,4-8H2,1-3H3. The smallest absolute Gasteiger partial charge is 0.0613 e. The van der Waals surface area contributed by atoms with E-state index in [0.717, 1.165) is 32.8 Å². The molecule has 0 spiro atoms. The van der Waals surface area contributed by atoms with Crippen molar-refractivity contribution in [1.82, 2.24) is 5.32 Å². The van der Waals surface area contributed by atoms with Gasteiger partial charge in [0.05, 0.1) is 6.61 Å². The summed E-state index contributed by atoms with van der Waals surface area (Å²) in [6.07, 6.45) is 1.07. The number of hydrogen-bond donors (Lipinski definition) is 1. The first-order valence-corrected chi connectivity index (χ1v) is 4.61. The molecule has 0 fully saturated rings. The van der Waals surface area contributed by atoms with Crippen LogP contribution >= 0.6 is 0 Å². The molecule has 0 bridgehead atoms. The van der Waals surface area contributed by atoms with Gasteiger partial charge >= 0.3 is 0 Å². The monoisotopic (exact) mass is 175 g/mol. The number of methoxy groups -OCH3 is 1. The summed E-state index contributed by atoms with van der Waals surface area (Å²) in [6, 6.07) is 0.441. The van der Waals surface area contributed by atoms with Crippen LogP contribution in [0.1, 0.15) is 20.3 Å². The first-order chi connectivity index (χ1) is 5.81. The molecule has 3 nitrogen and oxygen atoms in total. The van der Waals surface area contributed by atoms with E-state index in [4.69, 9.17) is 9.47 Å². The Morgan fingerprint density at radius 1 is 1.42 bits per heavy atom. The van der Waals surface area contributed by atoms with Gasteiger partial charge in [0.15, 0.2) is 0 Å². The molecule has 0 saturated heterocycles. The van der Waals surface area contributed by atoms with E-state index in [-0.39, 0.29) is 0 Å². The van der Waals surface area contributed by atoms with Gasteiger partial charge in [-0.3, -0.25) is 0 Å². The highest BCUT2D eigenvalue weighted by molar-refractivity contribution is 4.57. The van der Waals surface area contributed by atoms with Crippen LogP contribution < -0.4 is 5.32 Å². The Balaban J connectivity index is 2.97. The normalized spacial score (nSPS) is 13.2. The zero-order valence-electron chi connectivity index (χ0n) is 8.43. The summed E-state index contributed by atoms with van der Waals surface area (Å²) < 4.78 is 10.2. The van der Waals surface area contributed by atoms with Crippen molar-refractivity contribution in [2.75, 3.05) is 33.5 Å². The van der Waals surface area contributed by atoms with Gasteiger partial charge in [-0.05, 0) is 26.8 Å². The van der Waals surface area contributed by atoms with E-state index in [1.54, 1.807) is 7.11 Å². The molecule has 12 heavy (non-hydrogen) atoms. The second kappa shape index (κ2) is 8.97. The molecule has 0 rings (SSSR count). The van der Waals surface area contributed by atoms with Crippen LogP contribution in [0.5, 0.6) is 0 Å². The van der Waals surface area contributed by atoms with Crippen LogP contribution in [-0.2, 0) is 9.47 Å². The summed E-state index contributed by atoms with van der Waals surface area (Å²) in [5.41, 5.74) is 0. The van der Waals surface area contributed by atoms with Gasteiger partial charge in [0, 0.05) is 26.4 Å². The van der Waals surface area contributed by atoms with E-state index in [1.165, 1.54) is 0 Å². The molecule has 1 unspecified atom stereocenters. The average Bonchev–Trinajstić information content (AvgIpc) is 2.05. The third kappa shape index (κ3) is 7.98. The van der Waals surface area contributed by atoms with Crippen molar-refractivity contribution >= 4 is 0 Å². The summed E-state index contributed by atoms with van der Waals surface area (Å²) in [5, 5.41) is 3.34. The van der Waals surface area contributed by atoms with Gasteiger partial charge in [0.25, 0.3) is 0 Å². The lowest BCUT2D eigenvalue weighted by Gasteiger charge is -2.11. The molecule has 0 saturated carbocycles. The molecule has 0 aliphatic carbocycles. The van der Waals surface area contributed by atoms with Gasteiger partial charge in [-0.15, -0.1) is 0 Å². The highest BCUT2D eigenvalue weighted by atomic mass is 16.5. The Hall–Kier alpha value is -0.120. The Bertz CT molecular complexity index is 88.6. The fourth-order valence-corrected chi connectivity index (χ4v) is 0.976. The molecular weight excluding hydrogens is 154 g/mol. The van der Waals surface area contributed by atoms with E-state index >= 15 is 0 Å². The average molecular weight is 175 g/mol. The lowest BCUT2D eigenvalue weighted by Crippen LogP contribution is -2.31. The lowest BCUT2D eigenvalue weighted by molar-refractivity contribution is 0.140. The van der Waals surface area contributed by atoms with E-state index in [0.29, 0.717) is 6.04 Å². The van der Waals surface area contributed by atoms with E-state index in [1.807, 2.05) is 6.92 Å². The summed E-state index contributed by atoms with van der Waals surface area (Å²) in [6.45, 7) is 7.57. The van der Waals surface area contributed by atoms with Crippen molar-refractivity contribution < 1.29 is 9.47 Å². The predicted octanol–water partition coefficient (Wildman–Crippen LogP) is 1.04. The van der Waals surface area contributed by atoms with Crippen LogP contribution in [0, 0.1) is 0 Å². The van der Waals surface area contributed by atoms with Crippen LogP contribution in [0.4, 0.5) is 0 Å². The van der Waals surface area contributed by atoms with Crippen LogP contribution in [0.25, 0.3) is 0 Å². The number of rotatable bonds is 8. The molecule has 74 valence electrons. The minimum absolute atomic E-state index is 0.441. The number of ether oxygens (including phenoxy) is 2. The van der Waals surface area contributed by atoms with Crippen molar-refractivity contribution in [2.24, 2.45) is 0 Å². The van der Waals surface area contributed by atoms with Crippen LogP contribution in [0.2, 0.25) is 0 Å². The first-order valence-electron chi connectivity index (χ1n) is 4.61. The fraction of sp³-hybridized carbons (Fsp3) is 1.00. The van der Waals surface area contributed by atoms with Crippen molar-refractivity contribution in [3.05, 3.63) is 0 Å². The molecule has 0 heterocycles. The Labute approximate surface area is 75.4 Å². The van der Waals surface area contributed by atoms with Gasteiger partial charge in [0.2, 0.25) is 0 Å². The molecule has 0 radical (unpaired) electrons. The fourth-order valence-electron chi connectivity index (χ4n) is 0.976. The number of nitrogens with one attached hydrogen (secondary N) is 1. The minimum Gasteiger partial charge on any atom is -0.383 e. The topological polar surface area (TPSA) is 30.5 Å². The van der Waals surface area contributed by atoms with Gasteiger partial charge in [-0.1, -0.05) is 0 Å². The first kappa shape index (κ1) is 11.9. The van der Waals surface area contributed by atoms with Crippen molar-refractivity contribution in [3.8, 4) is 0 Å². The van der Waals surface area contributed by atoms with E-state index in [9.17, 15) is 0 Å². The van der Waals surface area contributed by atoms with Crippen molar-refractivity contribution in [3.63, 3.8) is 0 Å². The van der Waals surface area contributed by atoms with Gasteiger partial charge < -0.3 is 14.8 Å². The summed E-state index contributed by atoms with van der Waals surface area (Å²) in [7, 11) is 1.72. The number of hydrogen-bond acceptors (Lipinski definition) is 3. The lowest BCUT2D eigenvalue weighted by atomic mass is 10.3. The Morgan fingerprint density at radius 3 is 2.75 bits per heavy atom. The third-order valence-electron chi connectivity index (χ3n) is 1.58. The zero-order chi connectivity index (χ0) is 9.23. The molecule has 0 aromatic carbocycles. The van der Waals surface area contributed by atoms with Crippen LogP contribution in [-0.4, -0.2) is 39.5 Å². The molecule has 0 aromatic heterocycles. The molecule has 1 N–H and O–H groups in total. The second-order valence-corrected chi connectivity index (χ2v) is 2.86. The highest BCUT2D eigenvalue weighted by Gasteiger charge is 1.97. The van der Waals surface area contributed by atoms with Gasteiger partial charge in [-0.2, -0.15) is 0 Å². The molecule has 0 aliphatic heterocycles. The van der Waals surface area contributed by atoms with Crippen molar-refractivity contribution in [1.29, 1.82) is 0 Å². The molecule has 1 atom stereocenters. The Kier molecular flexibility index (Phi) is 8.88. The second-order valence-electron chi connectivity index (χ2n) is 2.86. The Morgan fingerprint density at radius 2 is 2.17 bits per heavy atom. The summed E-state index contributed by atoms with van der Waals surface area (Å²) >= 11 is 0. The van der Waals surface area contributed by atoms with Gasteiger partial charge in [-0.25, -0.2) is 0 Å². The molecular formula is C9H21NO2. The zero-order valence-corrected chi connectivity index (χ0v) is 8.43. The molecule has 3 heteroatoms. The minimum atomic E-state index is 0.441. The summed E-state index contributed by atoms with van der Waals surface area (Å²) in [5.74, 6) is 0. The maximum atomic E-state index is 5.20. The largest absolute Gasteiger partial charge is 0.383 e. The molecule has 0 aliphatic rings. The van der Waals surface area contributed by atoms with Crippen LogP contribution in [0.3, 0.4) is 0 Å². The summed E-state index contributed by atoms with van der Waals surface area (Å²) in [4.78, 5) is 0. The molecule has 0 aromatic rings. The SMILES string of the molecule is CCOCCCNC(C)COC. The quantitative estimate of drug-likeness (QED) is 0.559. The van der Waals surface area contributed by atoms with E-state index < -0.39 is 0 Å². The third-order valence-corrected chi connectivity index (χ3v) is 1.58. The molecule has 0 amide bonds. The maximum Gasteiger partial charge on any atom is 0.0613 e. The van der Waals surface area contributed by atoms with E-state index in [2.05, 4.69) is 12.2 Å².